The van der Waals surface area contributed by atoms with Crippen molar-refractivity contribution in [2.45, 2.75) is 19.0 Å². The summed E-state index contributed by atoms with van der Waals surface area (Å²) in [4.78, 5) is 15.3. The SMILES string of the molecule is CC1=NC2C(C(N)=O)=CC=CC2N1. The minimum atomic E-state index is -0.389. The lowest BCUT2D eigenvalue weighted by Crippen LogP contribution is -2.37. The van der Waals surface area contributed by atoms with Crippen molar-refractivity contribution in [3.8, 4) is 0 Å². The van der Waals surface area contributed by atoms with E-state index in [2.05, 4.69) is 10.3 Å². The van der Waals surface area contributed by atoms with Gasteiger partial charge in [-0.25, -0.2) is 0 Å². The van der Waals surface area contributed by atoms with Gasteiger partial charge in [0.2, 0.25) is 5.91 Å². The summed E-state index contributed by atoms with van der Waals surface area (Å²) < 4.78 is 0. The van der Waals surface area contributed by atoms with Crippen LogP contribution in [0.25, 0.3) is 0 Å². The van der Waals surface area contributed by atoms with E-state index in [0.717, 1.165) is 5.84 Å². The fourth-order valence-electron chi connectivity index (χ4n) is 1.67. The van der Waals surface area contributed by atoms with Crippen LogP contribution in [-0.4, -0.2) is 23.8 Å². The van der Waals surface area contributed by atoms with Gasteiger partial charge in [-0.05, 0) is 6.92 Å². The van der Waals surface area contributed by atoms with Crippen LogP contribution in [0.3, 0.4) is 0 Å². The van der Waals surface area contributed by atoms with Crippen molar-refractivity contribution >= 4 is 11.7 Å². The van der Waals surface area contributed by atoms with Gasteiger partial charge in [-0.3, -0.25) is 9.79 Å². The monoisotopic (exact) mass is 177 g/mol. The molecule has 0 saturated carbocycles. The minimum Gasteiger partial charge on any atom is -0.366 e. The van der Waals surface area contributed by atoms with Crippen molar-refractivity contribution in [1.82, 2.24) is 5.32 Å². The molecule has 2 rings (SSSR count). The number of fused-ring (bicyclic) bond motifs is 1. The molecule has 13 heavy (non-hydrogen) atoms. The van der Waals surface area contributed by atoms with Crippen LogP contribution in [0.4, 0.5) is 0 Å². The van der Waals surface area contributed by atoms with Crippen LogP contribution in [0.2, 0.25) is 0 Å². The van der Waals surface area contributed by atoms with Crippen molar-refractivity contribution < 1.29 is 4.79 Å². The molecule has 1 amide bonds. The highest BCUT2D eigenvalue weighted by Gasteiger charge is 2.31. The topological polar surface area (TPSA) is 67.5 Å². The summed E-state index contributed by atoms with van der Waals surface area (Å²) in [6.07, 6.45) is 5.55. The van der Waals surface area contributed by atoms with Gasteiger partial charge < -0.3 is 11.1 Å². The number of amides is 1. The van der Waals surface area contributed by atoms with Crippen molar-refractivity contribution in [2.75, 3.05) is 0 Å². The predicted molar refractivity (Wildman–Crippen MR) is 50.2 cm³/mol. The Bertz CT molecular complexity index is 341. The van der Waals surface area contributed by atoms with Gasteiger partial charge in [-0.15, -0.1) is 0 Å². The molecule has 3 N–H and O–H groups in total. The molecule has 2 atom stereocenters. The summed E-state index contributed by atoms with van der Waals surface area (Å²) in [5.41, 5.74) is 5.81. The Labute approximate surface area is 76.2 Å². The minimum absolute atomic E-state index is 0.104. The number of hydrogen-bond donors (Lipinski definition) is 2. The zero-order valence-corrected chi connectivity index (χ0v) is 7.32. The van der Waals surface area contributed by atoms with Gasteiger partial charge in [0.05, 0.1) is 11.9 Å². The zero-order chi connectivity index (χ0) is 9.42. The molecule has 2 unspecified atom stereocenters. The van der Waals surface area contributed by atoms with Gasteiger partial charge in [-0.2, -0.15) is 0 Å². The first kappa shape index (κ1) is 8.04. The number of nitrogens with two attached hydrogens (primary N) is 1. The van der Waals surface area contributed by atoms with E-state index in [1.807, 2.05) is 19.1 Å². The van der Waals surface area contributed by atoms with Crippen LogP contribution < -0.4 is 11.1 Å². The number of hydrogen-bond acceptors (Lipinski definition) is 3. The summed E-state index contributed by atoms with van der Waals surface area (Å²) in [5.74, 6) is 0.466. The highest BCUT2D eigenvalue weighted by atomic mass is 16.1. The summed E-state index contributed by atoms with van der Waals surface area (Å²) in [6.45, 7) is 1.88. The van der Waals surface area contributed by atoms with Crippen LogP contribution in [-0.2, 0) is 4.79 Å². The number of amidine groups is 1. The zero-order valence-electron chi connectivity index (χ0n) is 7.32. The van der Waals surface area contributed by atoms with E-state index in [0.29, 0.717) is 5.57 Å². The Hall–Kier alpha value is -1.58. The second-order valence-electron chi connectivity index (χ2n) is 3.20. The second-order valence-corrected chi connectivity index (χ2v) is 3.20. The Morgan fingerprint density at radius 1 is 1.69 bits per heavy atom. The predicted octanol–water partition coefficient (Wildman–Crippen LogP) is -0.273. The third-order valence-corrected chi connectivity index (χ3v) is 2.25. The molecule has 0 fully saturated rings. The molecule has 0 spiro atoms. The number of nitrogens with one attached hydrogen (secondary N) is 1. The lowest BCUT2D eigenvalue weighted by Gasteiger charge is -2.18. The number of allylic oxidation sites excluding steroid dienone is 2. The molecular formula is C9H11N3O. The molecule has 0 aromatic rings. The smallest absolute Gasteiger partial charge is 0.246 e. The number of rotatable bonds is 1. The van der Waals surface area contributed by atoms with Crippen LogP contribution in [0.15, 0.2) is 28.8 Å². The molecule has 4 nitrogen and oxygen atoms in total. The molecule has 1 aliphatic carbocycles. The van der Waals surface area contributed by atoms with E-state index in [-0.39, 0.29) is 18.0 Å². The van der Waals surface area contributed by atoms with E-state index in [1.54, 1.807) is 6.08 Å². The molecular weight excluding hydrogens is 166 g/mol. The summed E-state index contributed by atoms with van der Waals surface area (Å²) in [7, 11) is 0. The first-order valence-electron chi connectivity index (χ1n) is 4.17. The largest absolute Gasteiger partial charge is 0.366 e. The van der Waals surface area contributed by atoms with Gasteiger partial charge in [0.15, 0.2) is 0 Å². The molecule has 68 valence electrons. The van der Waals surface area contributed by atoms with E-state index in [1.165, 1.54) is 0 Å². The highest BCUT2D eigenvalue weighted by molar-refractivity contribution is 5.96. The molecule has 0 radical (unpaired) electrons. The van der Waals surface area contributed by atoms with E-state index in [4.69, 9.17) is 5.73 Å². The van der Waals surface area contributed by atoms with Gasteiger partial charge >= 0.3 is 0 Å². The molecule has 0 aromatic carbocycles. The first-order valence-corrected chi connectivity index (χ1v) is 4.17. The summed E-state index contributed by atoms with van der Waals surface area (Å²) in [5, 5.41) is 3.16. The highest BCUT2D eigenvalue weighted by Crippen LogP contribution is 2.20. The van der Waals surface area contributed by atoms with Crippen LogP contribution in [0, 0.1) is 0 Å². The molecule has 1 heterocycles. The number of nitrogens with zero attached hydrogens (tertiary/aromatic N) is 1. The average Bonchev–Trinajstić information content (AvgIpc) is 2.43. The van der Waals surface area contributed by atoms with Crippen molar-refractivity contribution in [3.63, 3.8) is 0 Å². The van der Waals surface area contributed by atoms with E-state index >= 15 is 0 Å². The maximum absolute atomic E-state index is 11.0. The lowest BCUT2D eigenvalue weighted by atomic mass is 9.95. The molecule has 0 bridgehead atoms. The van der Waals surface area contributed by atoms with Gasteiger partial charge in [0.1, 0.15) is 6.04 Å². The molecule has 0 saturated heterocycles. The van der Waals surface area contributed by atoms with Crippen LogP contribution in [0.1, 0.15) is 6.92 Å². The fourth-order valence-corrected chi connectivity index (χ4v) is 1.67. The summed E-state index contributed by atoms with van der Waals surface area (Å²) in [6, 6.07) is -0.0185. The van der Waals surface area contributed by atoms with E-state index in [9.17, 15) is 4.79 Å². The Balaban J connectivity index is 2.33. The van der Waals surface area contributed by atoms with Gasteiger partial charge in [0, 0.05) is 5.57 Å². The molecule has 1 aliphatic heterocycles. The number of carbonyl (C=O) groups excluding carboxylic acids is 1. The number of primary amides is 1. The molecule has 4 heteroatoms. The normalized spacial score (nSPS) is 30.2. The van der Waals surface area contributed by atoms with Crippen molar-refractivity contribution in [3.05, 3.63) is 23.8 Å². The fraction of sp³-hybridized carbons (Fsp3) is 0.333. The maximum Gasteiger partial charge on any atom is 0.246 e. The summed E-state index contributed by atoms with van der Waals surface area (Å²) >= 11 is 0. The van der Waals surface area contributed by atoms with Crippen LogP contribution in [0.5, 0.6) is 0 Å². The molecule has 0 aromatic heterocycles. The van der Waals surface area contributed by atoms with E-state index < -0.39 is 0 Å². The second kappa shape index (κ2) is 2.73. The van der Waals surface area contributed by atoms with Crippen molar-refractivity contribution in [1.29, 1.82) is 0 Å². The quantitative estimate of drug-likeness (QED) is 0.578. The van der Waals surface area contributed by atoms with Gasteiger partial charge in [0.25, 0.3) is 0 Å². The standard InChI is InChI=1S/C9H11N3O/c1-5-11-7-4-2-3-6(9(10)13)8(7)12-5/h2-4,7-8H,1H3,(H2,10,13)(H,11,12). The Morgan fingerprint density at radius 2 is 2.46 bits per heavy atom. The number of aliphatic imine (C=N–C) groups is 1. The van der Waals surface area contributed by atoms with Crippen molar-refractivity contribution in [2.24, 2.45) is 10.7 Å². The Kier molecular flexibility index (Phi) is 1.69. The Morgan fingerprint density at radius 3 is 3.15 bits per heavy atom. The maximum atomic E-state index is 11.0. The molecule has 2 aliphatic rings. The third kappa shape index (κ3) is 1.24. The first-order chi connectivity index (χ1) is 6.18. The van der Waals surface area contributed by atoms with Gasteiger partial charge in [-0.1, -0.05) is 18.2 Å². The third-order valence-electron chi connectivity index (χ3n) is 2.25. The lowest BCUT2D eigenvalue weighted by molar-refractivity contribution is -0.114. The average molecular weight is 177 g/mol. The number of carbonyl (C=O) groups is 1. The van der Waals surface area contributed by atoms with Crippen LogP contribution >= 0.6 is 0 Å².